The zero-order valence-corrected chi connectivity index (χ0v) is 17.1. The van der Waals surface area contributed by atoms with Gasteiger partial charge in [0.15, 0.2) is 0 Å². The van der Waals surface area contributed by atoms with Crippen molar-refractivity contribution in [2.24, 2.45) is 0 Å². The van der Waals surface area contributed by atoms with Crippen molar-refractivity contribution in [1.29, 1.82) is 0 Å². The molecule has 2 amide bonds. The minimum absolute atomic E-state index is 0.229. The summed E-state index contributed by atoms with van der Waals surface area (Å²) in [4.78, 5) is 26.2. The molecule has 0 fully saturated rings. The SMILES string of the molecule is CCN(CC)c1ccc(C(=O)NNC(=O)CSCc2ccccc2Cl)cc1. The number of halogens is 1. The predicted octanol–water partition coefficient (Wildman–Crippen LogP) is 3.88. The first-order valence-electron chi connectivity index (χ1n) is 8.80. The molecule has 144 valence electrons. The average molecular weight is 406 g/mol. The van der Waals surface area contributed by atoms with E-state index in [4.69, 9.17) is 11.6 Å². The number of carbonyl (C=O) groups is 2. The highest BCUT2D eigenvalue weighted by molar-refractivity contribution is 7.99. The van der Waals surface area contributed by atoms with Crippen molar-refractivity contribution in [2.45, 2.75) is 19.6 Å². The van der Waals surface area contributed by atoms with Gasteiger partial charge in [-0.3, -0.25) is 20.4 Å². The number of thioether (sulfide) groups is 1. The molecule has 0 bridgehead atoms. The molecule has 2 rings (SSSR count). The lowest BCUT2D eigenvalue weighted by Crippen LogP contribution is -2.42. The van der Waals surface area contributed by atoms with Crippen molar-refractivity contribution >= 4 is 40.9 Å². The average Bonchev–Trinajstić information content (AvgIpc) is 2.69. The van der Waals surface area contributed by atoms with Crippen molar-refractivity contribution < 1.29 is 9.59 Å². The Balaban J connectivity index is 1.76. The summed E-state index contributed by atoms with van der Waals surface area (Å²) in [6.45, 7) is 5.99. The van der Waals surface area contributed by atoms with E-state index in [1.165, 1.54) is 11.8 Å². The zero-order chi connectivity index (χ0) is 19.6. The molecule has 5 nitrogen and oxygen atoms in total. The molecule has 0 radical (unpaired) electrons. The van der Waals surface area contributed by atoms with E-state index in [0.29, 0.717) is 16.3 Å². The summed E-state index contributed by atoms with van der Waals surface area (Å²) in [6, 6.07) is 14.8. The molecule has 2 N–H and O–H groups in total. The molecule has 0 aliphatic rings. The van der Waals surface area contributed by atoms with Crippen LogP contribution in [0.2, 0.25) is 5.02 Å². The Labute approximate surface area is 169 Å². The number of anilines is 1. The highest BCUT2D eigenvalue weighted by Gasteiger charge is 2.09. The number of nitrogens with one attached hydrogen (secondary N) is 2. The van der Waals surface area contributed by atoms with Gasteiger partial charge in [0.1, 0.15) is 0 Å². The van der Waals surface area contributed by atoms with E-state index in [9.17, 15) is 9.59 Å². The Morgan fingerprint density at radius 1 is 1.00 bits per heavy atom. The molecule has 0 heterocycles. The van der Waals surface area contributed by atoms with Crippen molar-refractivity contribution in [1.82, 2.24) is 10.9 Å². The number of nitrogens with zero attached hydrogens (tertiary/aromatic N) is 1. The lowest BCUT2D eigenvalue weighted by atomic mass is 10.2. The van der Waals surface area contributed by atoms with E-state index in [-0.39, 0.29) is 17.6 Å². The molecule has 7 heteroatoms. The molecule has 2 aromatic rings. The smallest absolute Gasteiger partial charge is 0.269 e. The second-order valence-corrected chi connectivity index (χ2v) is 7.20. The summed E-state index contributed by atoms with van der Waals surface area (Å²) >= 11 is 7.52. The topological polar surface area (TPSA) is 61.4 Å². The summed E-state index contributed by atoms with van der Waals surface area (Å²) in [5.41, 5.74) is 7.43. The van der Waals surface area contributed by atoms with Gasteiger partial charge in [-0.25, -0.2) is 0 Å². The number of benzene rings is 2. The Morgan fingerprint density at radius 2 is 1.67 bits per heavy atom. The lowest BCUT2D eigenvalue weighted by Gasteiger charge is -2.21. The highest BCUT2D eigenvalue weighted by Crippen LogP contribution is 2.20. The standard InChI is InChI=1S/C20H24ClN3O2S/c1-3-24(4-2)17-11-9-15(10-12-17)20(26)23-22-19(25)14-27-13-16-7-5-6-8-18(16)21/h5-12H,3-4,13-14H2,1-2H3,(H,22,25)(H,23,26). The van der Waals surface area contributed by atoms with Gasteiger partial charge in [-0.1, -0.05) is 29.8 Å². The molecular formula is C20H24ClN3O2S. The van der Waals surface area contributed by atoms with Crippen molar-refractivity contribution in [3.63, 3.8) is 0 Å². The van der Waals surface area contributed by atoms with Crippen LogP contribution >= 0.6 is 23.4 Å². The van der Waals surface area contributed by atoms with Crippen LogP contribution in [0.1, 0.15) is 29.8 Å². The molecule has 0 atom stereocenters. The fourth-order valence-electron chi connectivity index (χ4n) is 2.52. The summed E-state index contributed by atoms with van der Waals surface area (Å²) in [7, 11) is 0. The van der Waals surface area contributed by atoms with Gasteiger partial charge < -0.3 is 4.90 Å². The Morgan fingerprint density at radius 3 is 2.30 bits per heavy atom. The van der Waals surface area contributed by atoms with Crippen LogP contribution in [0, 0.1) is 0 Å². The Kier molecular flexibility index (Phi) is 8.48. The maximum Gasteiger partial charge on any atom is 0.269 e. The summed E-state index contributed by atoms with van der Waals surface area (Å²) < 4.78 is 0. The van der Waals surface area contributed by atoms with Gasteiger partial charge >= 0.3 is 0 Å². The van der Waals surface area contributed by atoms with Crippen molar-refractivity contribution in [3.05, 3.63) is 64.7 Å². The first kappa shape index (κ1) is 21.1. The summed E-state index contributed by atoms with van der Waals surface area (Å²) in [6.07, 6.45) is 0. The third-order valence-corrected chi connectivity index (χ3v) is 5.37. The first-order chi connectivity index (χ1) is 13.0. The van der Waals surface area contributed by atoms with Gasteiger partial charge in [-0.05, 0) is 49.7 Å². The predicted molar refractivity (Wildman–Crippen MR) is 113 cm³/mol. The minimum atomic E-state index is -0.342. The van der Waals surface area contributed by atoms with Crippen LogP contribution in [0.15, 0.2) is 48.5 Å². The van der Waals surface area contributed by atoms with Crippen LogP contribution in [-0.2, 0) is 10.5 Å². The third-order valence-electron chi connectivity index (χ3n) is 4.02. The van der Waals surface area contributed by atoms with Crippen LogP contribution in [-0.4, -0.2) is 30.7 Å². The van der Waals surface area contributed by atoms with E-state index >= 15 is 0 Å². The largest absolute Gasteiger partial charge is 0.372 e. The molecule has 0 saturated heterocycles. The second-order valence-electron chi connectivity index (χ2n) is 5.81. The van der Waals surface area contributed by atoms with Crippen LogP contribution in [0.4, 0.5) is 5.69 Å². The second kappa shape index (κ2) is 10.8. The number of amides is 2. The summed E-state index contributed by atoms with van der Waals surface area (Å²) in [5.74, 6) is 0.256. The van der Waals surface area contributed by atoms with Crippen LogP contribution in [0.3, 0.4) is 0 Å². The molecular weight excluding hydrogens is 382 g/mol. The highest BCUT2D eigenvalue weighted by atomic mass is 35.5. The Hall–Kier alpha value is -2.18. The third kappa shape index (κ3) is 6.48. The van der Waals surface area contributed by atoms with Gasteiger partial charge in [0.05, 0.1) is 5.75 Å². The number of hydrogen-bond acceptors (Lipinski definition) is 4. The number of hydrazine groups is 1. The Bertz CT molecular complexity index is 764. The van der Waals surface area contributed by atoms with Gasteiger partial charge in [0.2, 0.25) is 5.91 Å². The van der Waals surface area contributed by atoms with Crippen LogP contribution < -0.4 is 15.8 Å². The van der Waals surface area contributed by atoms with E-state index in [1.807, 2.05) is 36.4 Å². The van der Waals surface area contributed by atoms with Crippen molar-refractivity contribution in [3.8, 4) is 0 Å². The zero-order valence-electron chi connectivity index (χ0n) is 15.5. The number of carbonyl (C=O) groups excluding carboxylic acids is 2. The molecule has 0 aliphatic heterocycles. The molecule has 0 spiro atoms. The maximum absolute atomic E-state index is 12.1. The molecule has 0 aromatic heterocycles. The molecule has 0 aliphatic carbocycles. The van der Waals surface area contributed by atoms with Crippen molar-refractivity contribution in [2.75, 3.05) is 23.7 Å². The monoisotopic (exact) mass is 405 g/mol. The molecule has 2 aromatic carbocycles. The maximum atomic E-state index is 12.1. The fourth-order valence-corrected chi connectivity index (χ4v) is 3.63. The normalized spacial score (nSPS) is 10.3. The van der Waals surface area contributed by atoms with E-state index < -0.39 is 0 Å². The quantitative estimate of drug-likeness (QED) is 0.654. The van der Waals surface area contributed by atoms with Crippen LogP contribution in [0.5, 0.6) is 0 Å². The first-order valence-corrected chi connectivity index (χ1v) is 10.3. The lowest BCUT2D eigenvalue weighted by molar-refractivity contribution is -0.119. The van der Waals surface area contributed by atoms with E-state index in [0.717, 1.165) is 24.3 Å². The summed E-state index contributed by atoms with van der Waals surface area (Å²) in [5, 5.41) is 0.687. The molecule has 27 heavy (non-hydrogen) atoms. The number of rotatable bonds is 8. The van der Waals surface area contributed by atoms with E-state index in [2.05, 4.69) is 29.6 Å². The van der Waals surface area contributed by atoms with Gasteiger partial charge in [-0.15, -0.1) is 11.8 Å². The minimum Gasteiger partial charge on any atom is -0.372 e. The van der Waals surface area contributed by atoms with Gasteiger partial charge in [0, 0.05) is 35.1 Å². The van der Waals surface area contributed by atoms with Gasteiger partial charge in [-0.2, -0.15) is 0 Å². The van der Waals surface area contributed by atoms with Gasteiger partial charge in [0.25, 0.3) is 5.91 Å². The van der Waals surface area contributed by atoms with Crippen LogP contribution in [0.25, 0.3) is 0 Å². The number of hydrogen-bond donors (Lipinski definition) is 2. The molecule has 0 unspecified atom stereocenters. The van der Waals surface area contributed by atoms with E-state index in [1.54, 1.807) is 12.1 Å². The fraction of sp³-hybridized carbons (Fsp3) is 0.300. The molecule has 0 saturated carbocycles.